The summed E-state index contributed by atoms with van der Waals surface area (Å²) in [5.41, 5.74) is 0. The van der Waals surface area contributed by atoms with E-state index in [2.05, 4.69) is 0 Å². The third-order valence-corrected chi connectivity index (χ3v) is 5.24. The minimum atomic E-state index is -0.842. The maximum atomic E-state index is 12.4. The predicted octanol–water partition coefficient (Wildman–Crippen LogP) is 1.98. The van der Waals surface area contributed by atoms with Crippen molar-refractivity contribution in [3.63, 3.8) is 0 Å². The summed E-state index contributed by atoms with van der Waals surface area (Å²) in [5.74, 6) is -0.437. The monoisotopic (exact) mass is 271 g/mol. The molecule has 1 saturated carbocycles. The normalized spacial score (nSPS) is 33.0. The number of carbonyl (C=O) groups is 2. The second-order valence-corrected chi connectivity index (χ2v) is 6.50. The van der Waals surface area contributed by atoms with Crippen LogP contribution < -0.4 is 0 Å². The van der Waals surface area contributed by atoms with E-state index in [4.69, 9.17) is 0 Å². The number of rotatable bonds is 3. The van der Waals surface area contributed by atoms with E-state index in [0.29, 0.717) is 12.3 Å². The summed E-state index contributed by atoms with van der Waals surface area (Å²) in [7, 11) is 0. The summed E-state index contributed by atoms with van der Waals surface area (Å²) in [6.45, 7) is 1.86. The van der Waals surface area contributed by atoms with Crippen LogP contribution in [0.3, 0.4) is 0 Å². The Morgan fingerprint density at radius 3 is 2.61 bits per heavy atom. The molecule has 5 heteroatoms. The molecule has 0 aromatic heterocycles. The first-order chi connectivity index (χ1) is 8.56. The smallest absolute Gasteiger partial charge is 0.326 e. The van der Waals surface area contributed by atoms with Gasteiger partial charge in [-0.2, -0.15) is 11.8 Å². The zero-order chi connectivity index (χ0) is 13.3. The van der Waals surface area contributed by atoms with Crippen LogP contribution in [0.5, 0.6) is 0 Å². The lowest BCUT2D eigenvalue weighted by molar-refractivity contribution is -0.149. The second kappa shape index (κ2) is 5.51. The largest absolute Gasteiger partial charge is 0.480 e. The molecule has 0 unspecified atom stereocenters. The molecule has 4 nitrogen and oxygen atoms in total. The van der Waals surface area contributed by atoms with Crippen molar-refractivity contribution in [2.45, 2.75) is 56.4 Å². The number of aliphatic carboxylic acids is 1. The molecule has 0 spiro atoms. The van der Waals surface area contributed by atoms with Gasteiger partial charge in [-0.05, 0) is 38.4 Å². The van der Waals surface area contributed by atoms with Crippen molar-refractivity contribution < 1.29 is 14.7 Å². The van der Waals surface area contributed by atoms with Crippen molar-refractivity contribution >= 4 is 23.6 Å². The number of carboxylic acid groups (broad SMARTS) is 1. The number of fused-ring (bicyclic) bond motifs is 1. The highest BCUT2D eigenvalue weighted by Gasteiger charge is 2.48. The maximum absolute atomic E-state index is 12.4. The first-order valence-electron chi connectivity index (χ1n) is 6.64. The summed E-state index contributed by atoms with van der Waals surface area (Å²) < 4.78 is 0. The number of thioether (sulfide) groups is 1. The van der Waals surface area contributed by atoms with Crippen LogP contribution in [-0.2, 0) is 9.59 Å². The van der Waals surface area contributed by atoms with Gasteiger partial charge < -0.3 is 10.0 Å². The van der Waals surface area contributed by atoms with Crippen LogP contribution >= 0.6 is 11.8 Å². The van der Waals surface area contributed by atoms with Crippen molar-refractivity contribution in [2.24, 2.45) is 5.92 Å². The van der Waals surface area contributed by atoms with Crippen molar-refractivity contribution in [3.05, 3.63) is 0 Å². The van der Waals surface area contributed by atoms with Gasteiger partial charge in [-0.25, -0.2) is 4.79 Å². The fourth-order valence-electron chi connectivity index (χ4n) is 3.31. The average molecular weight is 271 g/mol. The highest BCUT2D eigenvalue weighted by molar-refractivity contribution is 7.99. The van der Waals surface area contributed by atoms with Crippen LogP contribution in [0.1, 0.15) is 39.0 Å². The molecule has 2 rings (SSSR count). The topological polar surface area (TPSA) is 57.6 Å². The molecule has 2 fully saturated rings. The molecule has 1 heterocycles. The van der Waals surface area contributed by atoms with Crippen LogP contribution in [0.15, 0.2) is 0 Å². The Balaban J connectivity index is 2.21. The van der Waals surface area contributed by atoms with Crippen molar-refractivity contribution in [1.29, 1.82) is 0 Å². The van der Waals surface area contributed by atoms with Crippen LogP contribution in [0.2, 0.25) is 0 Å². The third-order valence-electron chi connectivity index (χ3n) is 4.33. The third kappa shape index (κ3) is 2.37. The van der Waals surface area contributed by atoms with E-state index in [1.54, 1.807) is 4.90 Å². The zero-order valence-electron chi connectivity index (χ0n) is 11.0. The zero-order valence-corrected chi connectivity index (χ0v) is 11.8. The van der Waals surface area contributed by atoms with E-state index in [1.807, 2.05) is 13.2 Å². The lowest BCUT2D eigenvalue weighted by atomic mass is 9.84. The SMILES string of the molecule is CS[C@H](C)C(=O)N1[C@@H]2CCCC[C@H]2C[C@H]1C(=O)O. The Hall–Kier alpha value is -0.710. The number of amides is 1. The number of hydrogen-bond donors (Lipinski definition) is 1. The van der Waals surface area contributed by atoms with Gasteiger partial charge in [0.15, 0.2) is 0 Å². The predicted molar refractivity (Wildman–Crippen MR) is 71.6 cm³/mol. The second-order valence-electron chi connectivity index (χ2n) is 5.33. The molecule has 0 aromatic rings. The molecular formula is C13H21NO3S. The molecule has 102 valence electrons. The Kier molecular flexibility index (Phi) is 4.20. The van der Waals surface area contributed by atoms with E-state index in [9.17, 15) is 14.7 Å². The van der Waals surface area contributed by atoms with Gasteiger partial charge in [0.05, 0.1) is 5.25 Å². The van der Waals surface area contributed by atoms with Gasteiger partial charge in [-0.3, -0.25) is 4.79 Å². The average Bonchev–Trinajstić information content (AvgIpc) is 2.76. The molecule has 0 bridgehead atoms. The van der Waals surface area contributed by atoms with Crippen molar-refractivity contribution in [2.75, 3.05) is 6.26 Å². The summed E-state index contributed by atoms with van der Waals surface area (Å²) in [6.07, 6.45) is 6.88. The Morgan fingerprint density at radius 2 is 2.00 bits per heavy atom. The fraction of sp³-hybridized carbons (Fsp3) is 0.846. The first-order valence-corrected chi connectivity index (χ1v) is 7.92. The van der Waals surface area contributed by atoms with Gasteiger partial charge in [-0.1, -0.05) is 12.8 Å². The summed E-state index contributed by atoms with van der Waals surface area (Å²) in [4.78, 5) is 25.4. The van der Waals surface area contributed by atoms with Crippen LogP contribution in [-0.4, -0.2) is 45.5 Å². The Morgan fingerprint density at radius 1 is 1.33 bits per heavy atom. The van der Waals surface area contributed by atoms with Crippen LogP contribution in [0.4, 0.5) is 0 Å². The van der Waals surface area contributed by atoms with Crippen LogP contribution in [0, 0.1) is 5.92 Å². The van der Waals surface area contributed by atoms with Gasteiger partial charge in [0.1, 0.15) is 6.04 Å². The number of hydrogen-bond acceptors (Lipinski definition) is 3. The molecule has 1 aliphatic carbocycles. The molecule has 2 aliphatic rings. The minimum Gasteiger partial charge on any atom is -0.480 e. The highest BCUT2D eigenvalue weighted by Crippen LogP contribution is 2.40. The molecule has 1 N–H and O–H groups in total. The van der Waals surface area contributed by atoms with Gasteiger partial charge in [0, 0.05) is 6.04 Å². The number of carboxylic acids is 1. The molecule has 1 amide bonds. The number of carbonyl (C=O) groups excluding carboxylic acids is 1. The van der Waals surface area contributed by atoms with Crippen molar-refractivity contribution in [1.82, 2.24) is 4.90 Å². The van der Waals surface area contributed by atoms with E-state index in [0.717, 1.165) is 19.3 Å². The van der Waals surface area contributed by atoms with Crippen molar-refractivity contribution in [3.8, 4) is 0 Å². The number of likely N-dealkylation sites (tertiary alicyclic amines) is 1. The lowest BCUT2D eigenvalue weighted by Gasteiger charge is -2.34. The van der Waals surface area contributed by atoms with E-state index < -0.39 is 12.0 Å². The molecule has 0 radical (unpaired) electrons. The molecule has 1 aliphatic heterocycles. The van der Waals surface area contributed by atoms with Gasteiger partial charge >= 0.3 is 5.97 Å². The Bertz CT molecular complexity index is 347. The van der Waals surface area contributed by atoms with Gasteiger partial charge in [0.2, 0.25) is 5.91 Å². The molecular weight excluding hydrogens is 250 g/mol. The number of nitrogens with zero attached hydrogens (tertiary/aromatic N) is 1. The molecule has 0 aromatic carbocycles. The first kappa shape index (κ1) is 13.7. The molecule has 4 atom stereocenters. The lowest BCUT2D eigenvalue weighted by Crippen LogP contribution is -2.49. The standard InChI is InChI=1S/C13H21NO3S/c1-8(18-2)12(15)14-10-6-4-3-5-9(10)7-11(14)13(16)17/h8-11H,3-7H2,1-2H3,(H,16,17)/t8-,9+,10-,11+/m1/s1. The highest BCUT2D eigenvalue weighted by atomic mass is 32.2. The summed E-state index contributed by atoms with van der Waals surface area (Å²) in [5, 5.41) is 9.19. The maximum Gasteiger partial charge on any atom is 0.326 e. The van der Waals surface area contributed by atoms with Crippen LogP contribution in [0.25, 0.3) is 0 Å². The fourth-order valence-corrected chi connectivity index (χ4v) is 3.63. The quantitative estimate of drug-likeness (QED) is 0.852. The van der Waals surface area contributed by atoms with E-state index in [-0.39, 0.29) is 17.2 Å². The van der Waals surface area contributed by atoms with E-state index >= 15 is 0 Å². The van der Waals surface area contributed by atoms with Gasteiger partial charge in [-0.15, -0.1) is 0 Å². The summed E-state index contributed by atoms with van der Waals surface area (Å²) in [6, 6.07) is -0.429. The summed E-state index contributed by atoms with van der Waals surface area (Å²) >= 11 is 1.49. The minimum absolute atomic E-state index is 0.00398. The molecule has 1 saturated heterocycles. The van der Waals surface area contributed by atoms with Gasteiger partial charge in [0.25, 0.3) is 0 Å². The molecule has 18 heavy (non-hydrogen) atoms. The Labute approximate surface area is 112 Å². The van der Waals surface area contributed by atoms with E-state index in [1.165, 1.54) is 18.2 Å².